The molecule has 152 valence electrons. The molecule has 28 heavy (non-hydrogen) atoms. The number of carbonyl (C=O) groups is 4. The summed E-state index contributed by atoms with van der Waals surface area (Å²) in [6, 6.07) is 6.43. The fraction of sp³-hybridized carbons (Fsp3) is 0.500. The van der Waals surface area contributed by atoms with E-state index in [9.17, 15) is 19.2 Å². The largest absolute Gasteiger partial charge is 0.325 e. The zero-order chi connectivity index (χ0) is 20.7. The van der Waals surface area contributed by atoms with Gasteiger partial charge in [0.15, 0.2) is 0 Å². The highest BCUT2D eigenvalue weighted by Gasteiger charge is 2.50. The van der Waals surface area contributed by atoms with Gasteiger partial charge < -0.3 is 5.32 Å². The van der Waals surface area contributed by atoms with Crippen molar-refractivity contribution in [3.8, 4) is 0 Å². The molecule has 1 saturated heterocycles. The number of nitrogens with one attached hydrogen (secondary N) is 3. The monoisotopic (exact) mass is 388 g/mol. The third kappa shape index (κ3) is 4.68. The van der Waals surface area contributed by atoms with Gasteiger partial charge in [-0.2, -0.15) is 0 Å². The average molecular weight is 388 g/mol. The Morgan fingerprint density at radius 3 is 2.14 bits per heavy atom. The molecule has 0 aromatic heterocycles. The molecule has 3 N–H and O–H groups in total. The Hall–Kier alpha value is -2.90. The van der Waals surface area contributed by atoms with E-state index in [1.807, 2.05) is 32.9 Å². The van der Waals surface area contributed by atoms with Crippen molar-refractivity contribution in [3.63, 3.8) is 0 Å². The Labute approximate surface area is 165 Å². The molecule has 0 unspecified atom stereocenters. The summed E-state index contributed by atoms with van der Waals surface area (Å²) >= 11 is 0. The first-order chi connectivity index (χ1) is 13.4. The van der Waals surface area contributed by atoms with Gasteiger partial charge in [-0.05, 0) is 37.0 Å². The van der Waals surface area contributed by atoms with Gasteiger partial charge in [0, 0.05) is 5.56 Å². The van der Waals surface area contributed by atoms with Crippen LogP contribution in [0.2, 0.25) is 0 Å². The Morgan fingerprint density at radius 1 is 1.00 bits per heavy atom. The van der Waals surface area contributed by atoms with E-state index in [1.165, 1.54) is 0 Å². The van der Waals surface area contributed by atoms with Gasteiger partial charge >= 0.3 is 6.03 Å². The predicted molar refractivity (Wildman–Crippen MR) is 104 cm³/mol. The van der Waals surface area contributed by atoms with Crippen LogP contribution in [0.15, 0.2) is 24.3 Å². The molecule has 8 heteroatoms. The second-order valence-electron chi connectivity index (χ2n) is 6.96. The highest BCUT2D eigenvalue weighted by molar-refractivity contribution is 6.09. The molecule has 5 amide bonds. The number of aryl methyl sites for hydroxylation is 1. The first kappa shape index (κ1) is 21.4. The van der Waals surface area contributed by atoms with Crippen molar-refractivity contribution < 1.29 is 19.2 Å². The van der Waals surface area contributed by atoms with Crippen LogP contribution in [0.4, 0.5) is 4.79 Å². The summed E-state index contributed by atoms with van der Waals surface area (Å²) in [7, 11) is 0. The van der Waals surface area contributed by atoms with E-state index in [0.29, 0.717) is 18.4 Å². The van der Waals surface area contributed by atoms with Crippen LogP contribution in [0.3, 0.4) is 0 Å². The molecule has 0 saturated carbocycles. The normalized spacial score (nSPS) is 15.3. The summed E-state index contributed by atoms with van der Waals surface area (Å²) in [4.78, 5) is 50.1. The molecular formula is C20H28N4O4. The SMILES string of the molecule is CCCC1(CCC)NC(=O)N(CC(=O)NNC(=O)c2ccc(CC)cc2)C1=O. The Bertz CT molecular complexity index is 739. The first-order valence-electron chi connectivity index (χ1n) is 9.69. The summed E-state index contributed by atoms with van der Waals surface area (Å²) < 4.78 is 0. The van der Waals surface area contributed by atoms with Gasteiger partial charge in [0.2, 0.25) is 0 Å². The lowest BCUT2D eigenvalue weighted by atomic mass is 9.88. The van der Waals surface area contributed by atoms with Gasteiger partial charge in [0.1, 0.15) is 12.1 Å². The van der Waals surface area contributed by atoms with Gasteiger partial charge in [-0.1, -0.05) is 45.7 Å². The van der Waals surface area contributed by atoms with Gasteiger partial charge in [-0.25, -0.2) is 4.79 Å². The smallest absolute Gasteiger partial charge is 0.323 e. The molecule has 1 heterocycles. The summed E-state index contributed by atoms with van der Waals surface area (Å²) in [6.07, 6.45) is 3.38. The lowest BCUT2D eigenvalue weighted by Crippen LogP contribution is -2.49. The molecule has 0 spiro atoms. The summed E-state index contributed by atoms with van der Waals surface area (Å²) in [6.45, 7) is 5.44. The van der Waals surface area contributed by atoms with Crippen molar-refractivity contribution in [1.82, 2.24) is 21.1 Å². The number of hydrazine groups is 1. The van der Waals surface area contributed by atoms with Crippen LogP contribution in [-0.2, 0) is 16.0 Å². The number of urea groups is 1. The summed E-state index contributed by atoms with van der Waals surface area (Å²) in [5.74, 6) is -1.51. The van der Waals surface area contributed by atoms with E-state index in [2.05, 4.69) is 16.2 Å². The van der Waals surface area contributed by atoms with E-state index in [1.54, 1.807) is 12.1 Å². The lowest BCUT2D eigenvalue weighted by molar-refractivity contribution is -0.135. The van der Waals surface area contributed by atoms with Crippen molar-refractivity contribution in [2.45, 2.75) is 58.4 Å². The number of carbonyl (C=O) groups excluding carboxylic acids is 4. The third-order valence-electron chi connectivity index (χ3n) is 4.84. The Kier molecular flexibility index (Phi) is 7.14. The standard InChI is InChI=1S/C20H28N4O4/c1-4-11-20(12-5-2)18(27)24(19(28)21-20)13-16(25)22-23-17(26)15-9-7-14(6-3)8-10-15/h7-10H,4-6,11-13H2,1-3H3,(H,21,28)(H,22,25)(H,23,26). The van der Waals surface area contributed by atoms with Crippen LogP contribution in [0.5, 0.6) is 0 Å². The van der Waals surface area contributed by atoms with E-state index in [0.717, 1.165) is 29.7 Å². The van der Waals surface area contributed by atoms with Crippen LogP contribution in [-0.4, -0.2) is 40.7 Å². The van der Waals surface area contributed by atoms with Crippen molar-refractivity contribution in [2.24, 2.45) is 0 Å². The van der Waals surface area contributed by atoms with Crippen LogP contribution in [0, 0.1) is 0 Å². The minimum atomic E-state index is -0.939. The number of hydrogen-bond acceptors (Lipinski definition) is 4. The van der Waals surface area contributed by atoms with Crippen LogP contribution in [0.25, 0.3) is 0 Å². The van der Waals surface area contributed by atoms with E-state index < -0.39 is 35.8 Å². The lowest BCUT2D eigenvalue weighted by Gasteiger charge is -2.25. The maximum absolute atomic E-state index is 12.7. The molecular weight excluding hydrogens is 360 g/mol. The number of rotatable bonds is 8. The molecule has 0 aliphatic carbocycles. The molecule has 1 aliphatic heterocycles. The maximum Gasteiger partial charge on any atom is 0.325 e. The minimum Gasteiger partial charge on any atom is -0.323 e. The summed E-state index contributed by atoms with van der Waals surface area (Å²) in [5, 5.41) is 2.75. The number of benzene rings is 1. The third-order valence-corrected chi connectivity index (χ3v) is 4.84. The second-order valence-corrected chi connectivity index (χ2v) is 6.96. The van der Waals surface area contributed by atoms with Crippen molar-refractivity contribution in [3.05, 3.63) is 35.4 Å². The number of imide groups is 1. The highest BCUT2D eigenvalue weighted by Crippen LogP contribution is 2.27. The van der Waals surface area contributed by atoms with E-state index in [4.69, 9.17) is 0 Å². The molecule has 1 aromatic rings. The average Bonchev–Trinajstić information content (AvgIpc) is 2.91. The number of nitrogens with zero attached hydrogens (tertiary/aromatic N) is 1. The molecule has 0 radical (unpaired) electrons. The van der Waals surface area contributed by atoms with Gasteiger partial charge in [0.05, 0.1) is 0 Å². The van der Waals surface area contributed by atoms with Gasteiger partial charge in [-0.3, -0.25) is 30.1 Å². The van der Waals surface area contributed by atoms with Crippen molar-refractivity contribution in [2.75, 3.05) is 6.54 Å². The highest BCUT2D eigenvalue weighted by atomic mass is 16.2. The quantitative estimate of drug-likeness (QED) is 0.467. The second kappa shape index (κ2) is 9.34. The van der Waals surface area contributed by atoms with Crippen LogP contribution >= 0.6 is 0 Å². The topological polar surface area (TPSA) is 108 Å². The molecule has 1 aliphatic rings. The Morgan fingerprint density at radius 2 is 1.61 bits per heavy atom. The fourth-order valence-corrected chi connectivity index (χ4v) is 3.41. The molecule has 2 rings (SSSR count). The van der Waals surface area contributed by atoms with Crippen LogP contribution in [0.1, 0.15) is 62.4 Å². The van der Waals surface area contributed by atoms with Crippen LogP contribution < -0.4 is 16.2 Å². The van der Waals surface area contributed by atoms with Crippen molar-refractivity contribution >= 4 is 23.8 Å². The number of amides is 5. The van der Waals surface area contributed by atoms with Crippen molar-refractivity contribution in [1.29, 1.82) is 0 Å². The predicted octanol–water partition coefficient (Wildman–Crippen LogP) is 1.90. The molecule has 0 bridgehead atoms. The zero-order valence-corrected chi connectivity index (χ0v) is 16.6. The summed E-state index contributed by atoms with van der Waals surface area (Å²) in [5.41, 5.74) is 5.12. The fourth-order valence-electron chi connectivity index (χ4n) is 3.41. The van der Waals surface area contributed by atoms with E-state index in [-0.39, 0.29) is 0 Å². The maximum atomic E-state index is 12.7. The van der Waals surface area contributed by atoms with E-state index >= 15 is 0 Å². The van der Waals surface area contributed by atoms with Gasteiger partial charge in [0.25, 0.3) is 17.7 Å². The molecule has 1 aromatic carbocycles. The molecule has 1 fully saturated rings. The zero-order valence-electron chi connectivity index (χ0n) is 16.6. The first-order valence-corrected chi connectivity index (χ1v) is 9.69. The molecule has 0 atom stereocenters. The number of hydrogen-bond donors (Lipinski definition) is 3. The Balaban J connectivity index is 1.93. The minimum absolute atomic E-state index is 0.391. The van der Waals surface area contributed by atoms with Gasteiger partial charge in [-0.15, -0.1) is 0 Å². The molecule has 8 nitrogen and oxygen atoms in total.